The van der Waals surface area contributed by atoms with Crippen LogP contribution in [0.4, 0.5) is 4.79 Å². The lowest BCUT2D eigenvalue weighted by atomic mass is 10.1. The molecule has 1 amide bonds. The summed E-state index contributed by atoms with van der Waals surface area (Å²) in [4.78, 5) is 16.5. The topological polar surface area (TPSA) is 71.8 Å². The van der Waals surface area contributed by atoms with Crippen molar-refractivity contribution in [3.8, 4) is 11.3 Å². The van der Waals surface area contributed by atoms with Crippen molar-refractivity contribution in [3.05, 3.63) is 36.8 Å². The summed E-state index contributed by atoms with van der Waals surface area (Å²) in [5.74, 6) is 0.710. The molecular formula is C15H17N5O. The fourth-order valence-electron chi connectivity index (χ4n) is 3.34. The van der Waals surface area contributed by atoms with Crippen LogP contribution in [0.1, 0.15) is 12.8 Å². The van der Waals surface area contributed by atoms with Crippen molar-refractivity contribution in [2.24, 2.45) is 5.92 Å². The molecule has 0 aromatic carbocycles. The minimum atomic E-state index is -0.170. The number of hydrogen-bond donors (Lipinski definition) is 2. The van der Waals surface area contributed by atoms with E-state index in [0.717, 1.165) is 24.2 Å². The number of nitrogens with zero attached hydrogens (tertiary/aromatic N) is 3. The highest BCUT2D eigenvalue weighted by Gasteiger charge is 2.40. The predicted octanol–water partition coefficient (Wildman–Crippen LogP) is 1.25. The molecule has 1 aliphatic heterocycles. The van der Waals surface area contributed by atoms with Crippen LogP contribution in [0.25, 0.3) is 11.3 Å². The summed E-state index contributed by atoms with van der Waals surface area (Å²) in [7, 11) is 0. The number of hydrogen-bond acceptors (Lipinski definition) is 4. The second kappa shape index (κ2) is 4.96. The molecule has 108 valence electrons. The van der Waals surface area contributed by atoms with Crippen molar-refractivity contribution in [2.75, 3.05) is 6.54 Å². The van der Waals surface area contributed by atoms with Crippen LogP contribution in [0.5, 0.6) is 0 Å². The summed E-state index contributed by atoms with van der Waals surface area (Å²) >= 11 is 0. The lowest BCUT2D eigenvalue weighted by molar-refractivity contribution is 0.231. The maximum Gasteiger partial charge on any atom is 0.342 e. The van der Waals surface area contributed by atoms with E-state index in [2.05, 4.69) is 20.7 Å². The van der Waals surface area contributed by atoms with Crippen LogP contribution in [0.2, 0.25) is 0 Å². The van der Waals surface area contributed by atoms with Crippen LogP contribution in [-0.2, 0) is 0 Å². The summed E-state index contributed by atoms with van der Waals surface area (Å²) in [6, 6.07) is 6.16. The standard InChI is InChI=1S/C15H17N5O/c21-15(19-14-6-10-5-13(14)17-7-10)20-9-11(8-18-20)12-3-1-2-4-16-12/h1-4,8-10,13-14,17H,5-7H2,(H,19,21). The normalized spacial score (nSPS) is 27.0. The van der Waals surface area contributed by atoms with Gasteiger partial charge in [0.25, 0.3) is 0 Å². The predicted molar refractivity (Wildman–Crippen MR) is 77.7 cm³/mol. The number of carbonyl (C=O) groups is 1. The van der Waals surface area contributed by atoms with Gasteiger partial charge in [0.1, 0.15) is 0 Å². The molecule has 3 heterocycles. The highest BCUT2D eigenvalue weighted by Crippen LogP contribution is 2.31. The molecule has 0 spiro atoms. The minimum absolute atomic E-state index is 0.170. The number of fused-ring (bicyclic) bond motifs is 2. The smallest absolute Gasteiger partial charge is 0.332 e. The molecule has 2 aromatic heterocycles. The second-order valence-corrected chi connectivity index (χ2v) is 5.80. The van der Waals surface area contributed by atoms with Gasteiger partial charge in [0, 0.05) is 30.0 Å². The van der Waals surface area contributed by atoms with E-state index in [1.165, 1.54) is 11.1 Å². The first-order valence-corrected chi connectivity index (χ1v) is 7.30. The van der Waals surface area contributed by atoms with Crippen LogP contribution < -0.4 is 10.6 Å². The Morgan fingerprint density at radius 2 is 2.33 bits per heavy atom. The van der Waals surface area contributed by atoms with Gasteiger partial charge in [-0.3, -0.25) is 4.98 Å². The summed E-state index contributed by atoms with van der Waals surface area (Å²) < 4.78 is 1.36. The lowest BCUT2D eigenvalue weighted by Gasteiger charge is -2.23. The number of nitrogens with one attached hydrogen (secondary N) is 2. The molecule has 1 aliphatic carbocycles. The summed E-state index contributed by atoms with van der Waals surface area (Å²) in [5.41, 5.74) is 1.66. The first kappa shape index (κ1) is 12.5. The first-order chi connectivity index (χ1) is 10.3. The Morgan fingerprint density at radius 3 is 3.05 bits per heavy atom. The molecule has 2 aromatic rings. The van der Waals surface area contributed by atoms with Gasteiger partial charge in [0.15, 0.2) is 0 Å². The first-order valence-electron chi connectivity index (χ1n) is 7.30. The molecule has 2 N–H and O–H groups in total. The van der Waals surface area contributed by atoms with E-state index in [1.807, 2.05) is 18.2 Å². The van der Waals surface area contributed by atoms with Crippen LogP contribution in [0, 0.1) is 5.92 Å². The van der Waals surface area contributed by atoms with Gasteiger partial charge in [-0.1, -0.05) is 6.07 Å². The molecule has 3 atom stereocenters. The van der Waals surface area contributed by atoms with Gasteiger partial charge in [-0.15, -0.1) is 0 Å². The molecule has 2 bridgehead atoms. The second-order valence-electron chi connectivity index (χ2n) is 5.80. The molecule has 3 unspecified atom stereocenters. The van der Waals surface area contributed by atoms with E-state index in [9.17, 15) is 4.79 Å². The average molecular weight is 283 g/mol. The molecule has 6 nitrogen and oxygen atoms in total. The zero-order valence-electron chi connectivity index (χ0n) is 11.6. The summed E-state index contributed by atoms with van der Waals surface area (Å²) in [5, 5.41) is 10.7. The van der Waals surface area contributed by atoms with Crippen LogP contribution in [0.15, 0.2) is 36.8 Å². The number of pyridine rings is 1. The Balaban J connectivity index is 1.47. The number of carbonyl (C=O) groups excluding carboxylic acids is 1. The molecule has 1 saturated heterocycles. The van der Waals surface area contributed by atoms with E-state index < -0.39 is 0 Å². The van der Waals surface area contributed by atoms with Crippen molar-refractivity contribution >= 4 is 6.03 Å². The largest absolute Gasteiger partial charge is 0.342 e. The third-order valence-electron chi connectivity index (χ3n) is 4.39. The van der Waals surface area contributed by atoms with Crippen molar-refractivity contribution in [1.29, 1.82) is 0 Å². The Kier molecular flexibility index (Phi) is 2.96. The van der Waals surface area contributed by atoms with Crippen LogP contribution >= 0.6 is 0 Å². The number of aromatic nitrogens is 3. The maximum absolute atomic E-state index is 12.3. The maximum atomic E-state index is 12.3. The Labute approximate surface area is 122 Å². The van der Waals surface area contributed by atoms with Crippen molar-refractivity contribution in [1.82, 2.24) is 25.4 Å². The molecule has 2 fully saturated rings. The molecule has 0 radical (unpaired) electrons. The number of amides is 1. The summed E-state index contributed by atoms with van der Waals surface area (Å²) in [6.07, 6.45) is 7.36. The Hall–Kier alpha value is -2.21. The van der Waals surface area contributed by atoms with Gasteiger partial charge in [-0.2, -0.15) is 9.78 Å². The van der Waals surface area contributed by atoms with Gasteiger partial charge in [-0.25, -0.2) is 4.79 Å². The van der Waals surface area contributed by atoms with Gasteiger partial charge in [-0.05, 0) is 37.4 Å². The van der Waals surface area contributed by atoms with E-state index in [4.69, 9.17) is 0 Å². The van der Waals surface area contributed by atoms with E-state index in [1.54, 1.807) is 18.6 Å². The van der Waals surface area contributed by atoms with Crippen LogP contribution in [0.3, 0.4) is 0 Å². The highest BCUT2D eigenvalue weighted by molar-refractivity contribution is 5.77. The fourth-order valence-corrected chi connectivity index (χ4v) is 3.34. The SMILES string of the molecule is O=C(NC1CC2CNC1C2)n1cc(-c2ccccn2)cn1. The third-order valence-corrected chi connectivity index (χ3v) is 4.39. The highest BCUT2D eigenvalue weighted by atomic mass is 16.2. The average Bonchev–Trinajstić information content (AvgIpc) is 3.24. The van der Waals surface area contributed by atoms with E-state index >= 15 is 0 Å². The molecule has 1 saturated carbocycles. The quantitative estimate of drug-likeness (QED) is 0.870. The van der Waals surface area contributed by atoms with Crippen molar-refractivity contribution in [2.45, 2.75) is 24.9 Å². The minimum Gasteiger partial charge on any atom is -0.332 e. The molecule has 6 heteroatoms. The molecular weight excluding hydrogens is 266 g/mol. The van der Waals surface area contributed by atoms with Crippen LogP contribution in [-0.4, -0.2) is 39.4 Å². The van der Waals surface area contributed by atoms with E-state index in [0.29, 0.717) is 12.0 Å². The molecule has 21 heavy (non-hydrogen) atoms. The zero-order valence-corrected chi connectivity index (χ0v) is 11.6. The summed E-state index contributed by atoms with van der Waals surface area (Å²) in [6.45, 7) is 1.09. The molecule has 4 rings (SSSR count). The fraction of sp³-hybridized carbons (Fsp3) is 0.400. The Bertz CT molecular complexity index is 653. The monoisotopic (exact) mass is 283 g/mol. The van der Waals surface area contributed by atoms with E-state index in [-0.39, 0.29) is 12.1 Å². The molecule has 2 aliphatic rings. The number of rotatable bonds is 2. The van der Waals surface area contributed by atoms with Gasteiger partial charge < -0.3 is 10.6 Å². The number of piperidine rings is 1. The Morgan fingerprint density at radius 1 is 1.38 bits per heavy atom. The van der Waals surface area contributed by atoms with Gasteiger partial charge in [0.2, 0.25) is 0 Å². The van der Waals surface area contributed by atoms with Gasteiger partial charge in [0.05, 0.1) is 11.9 Å². The van der Waals surface area contributed by atoms with Crippen molar-refractivity contribution in [3.63, 3.8) is 0 Å². The van der Waals surface area contributed by atoms with Crippen molar-refractivity contribution < 1.29 is 4.79 Å². The zero-order chi connectivity index (χ0) is 14.2. The third kappa shape index (κ3) is 2.31. The lowest BCUT2D eigenvalue weighted by Crippen LogP contribution is -2.49. The van der Waals surface area contributed by atoms with Gasteiger partial charge >= 0.3 is 6.03 Å².